The zero-order chi connectivity index (χ0) is 14.5. The van der Waals surface area contributed by atoms with E-state index >= 15 is 0 Å². The molecule has 0 heterocycles. The maximum Gasteiger partial charge on any atom is 0.0681 e. The molecule has 2 rings (SSSR count). The minimum atomic E-state index is -1.04. The van der Waals surface area contributed by atoms with Gasteiger partial charge in [0.15, 0.2) is 0 Å². The molecule has 0 aliphatic rings. The summed E-state index contributed by atoms with van der Waals surface area (Å²) in [5, 5.41) is 10.1. The number of aliphatic hydroxyl groups excluding tert-OH is 1. The van der Waals surface area contributed by atoms with Crippen LogP contribution in [0.4, 0.5) is 0 Å². The fourth-order valence-electron chi connectivity index (χ4n) is 1.79. The Morgan fingerprint density at radius 3 is 2.20 bits per heavy atom. The highest BCUT2D eigenvalue weighted by Crippen LogP contribution is 2.22. The Labute approximate surface area is 130 Å². The van der Waals surface area contributed by atoms with E-state index in [0.29, 0.717) is 21.6 Å². The van der Waals surface area contributed by atoms with Gasteiger partial charge in [0.1, 0.15) is 0 Å². The Balaban J connectivity index is 2.01. The van der Waals surface area contributed by atoms with Crippen molar-refractivity contribution in [3.05, 3.63) is 69.2 Å². The van der Waals surface area contributed by atoms with Crippen molar-refractivity contribution >= 4 is 34.0 Å². The summed E-state index contributed by atoms with van der Waals surface area (Å²) >= 11 is 11.9. The third-order valence-electron chi connectivity index (χ3n) is 2.86. The smallest absolute Gasteiger partial charge is 0.0681 e. The number of rotatable bonds is 5. The van der Waals surface area contributed by atoms with Gasteiger partial charge in [-0.05, 0) is 28.8 Å². The standard InChI is InChI=1S/C15H14Cl2O2S/c16-14-6-5-13(15(17)7-14)10-20(19)9-12-3-1-11(8-18)2-4-12/h1-7,18H,8-10H2. The second kappa shape index (κ2) is 7.23. The zero-order valence-electron chi connectivity index (χ0n) is 10.7. The van der Waals surface area contributed by atoms with Crippen LogP contribution in [0.5, 0.6) is 0 Å². The highest BCUT2D eigenvalue weighted by molar-refractivity contribution is 7.83. The molecule has 0 aliphatic carbocycles. The van der Waals surface area contributed by atoms with Crippen LogP contribution in [-0.2, 0) is 28.9 Å². The van der Waals surface area contributed by atoms with Crippen molar-refractivity contribution < 1.29 is 9.32 Å². The zero-order valence-corrected chi connectivity index (χ0v) is 13.0. The number of hydrogen-bond donors (Lipinski definition) is 1. The molecule has 1 N–H and O–H groups in total. The van der Waals surface area contributed by atoms with E-state index in [0.717, 1.165) is 16.7 Å². The number of benzene rings is 2. The minimum Gasteiger partial charge on any atom is -0.392 e. The average Bonchev–Trinajstić information content (AvgIpc) is 2.43. The van der Waals surface area contributed by atoms with Gasteiger partial charge >= 0.3 is 0 Å². The van der Waals surface area contributed by atoms with Crippen LogP contribution in [0, 0.1) is 0 Å². The summed E-state index contributed by atoms with van der Waals surface area (Å²) in [6.45, 7) is 0.0176. The van der Waals surface area contributed by atoms with Gasteiger partial charge in [0.2, 0.25) is 0 Å². The number of aliphatic hydroxyl groups is 1. The van der Waals surface area contributed by atoms with E-state index in [2.05, 4.69) is 0 Å². The summed E-state index contributed by atoms with van der Waals surface area (Å²) in [4.78, 5) is 0. The van der Waals surface area contributed by atoms with Crippen molar-refractivity contribution in [2.45, 2.75) is 18.1 Å². The van der Waals surface area contributed by atoms with Gasteiger partial charge < -0.3 is 5.11 Å². The third-order valence-corrected chi connectivity index (χ3v) is 4.74. The van der Waals surface area contributed by atoms with Crippen molar-refractivity contribution in [3.63, 3.8) is 0 Å². The molecule has 0 saturated carbocycles. The second-order valence-corrected chi connectivity index (χ2v) is 6.74. The molecule has 0 fully saturated rings. The molecule has 0 saturated heterocycles. The molecular weight excluding hydrogens is 315 g/mol. The molecule has 2 nitrogen and oxygen atoms in total. The lowest BCUT2D eigenvalue weighted by Crippen LogP contribution is -2.00. The lowest BCUT2D eigenvalue weighted by atomic mass is 10.2. The first-order valence-electron chi connectivity index (χ1n) is 6.06. The normalized spacial score (nSPS) is 12.3. The van der Waals surface area contributed by atoms with Crippen LogP contribution in [0.1, 0.15) is 16.7 Å². The molecule has 1 atom stereocenters. The Morgan fingerprint density at radius 2 is 1.60 bits per heavy atom. The van der Waals surface area contributed by atoms with E-state index in [1.165, 1.54) is 0 Å². The summed E-state index contributed by atoms with van der Waals surface area (Å²) in [5.41, 5.74) is 2.66. The fourth-order valence-corrected chi connectivity index (χ4v) is 3.61. The van der Waals surface area contributed by atoms with Crippen molar-refractivity contribution in [3.8, 4) is 0 Å². The molecule has 0 bridgehead atoms. The van der Waals surface area contributed by atoms with Crippen molar-refractivity contribution in [2.75, 3.05) is 0 Å². The first kappa shape index (κ1) is 15.5. The van der Waals surface area contributed by atoms with Gasteiger partial charge in [-0.25, -0.2) is 0 Å². The summed E-state index contributed by atoms with van der Waals surface area (Å²) in [7, 11) is -1.04. The molecule has 2 aromatic rings. The van der Waals surface area contributed by atoms with Crippen LogP contribution in [0.3, 0.4) is 0 Å². The Hall–Kier alpha value is -0.870. The lowest BCUT2D eigenvalue weighted by Gasteiger charge is -2.06. The van der Waals surface area contributed by atoms with Crippen LogP contribution in [0.2, 0.25) is 10.0 Å². The van der Waals surface area contributed by atoms with Crippen molar-refractivity contribution in [1.82, 2.24) is 0 Å². The van der Waals surface area contributed by atoms with Gasteiger partial charge in [-0.3, -0.25) is 4.21 Å². The molecule has 0 radical (unpaired) electrons. The molecule has 0 amide bonds. The first-order chi connectivity index (χ1) is 9.58. The first-order valence-corrected chi connectivity index (χ1v) is 8.30. The summed E-state index contributed by atoms with van der Waals surface area (Å²) < 4.78 is 12.1. The average molecular weight is 329 g/mol. The molecule has 1 unspecified atom stereocenters. The van der Waals surface area contributed by atoms with E-state index in [1.54, 1.807) is 18.2 Å². The monoisotopic (exact) mass is 328 g/mol. The molecule has 106 valence electrons. The van der Waals surface area contributed by atoms with Crippen molar-refractivity contribution in [1.29, 1.82) is 0 Å². The Bertz CT molecular complexity index is 612. The molecule has 0 aliphatic heterocycles. The quantitative estimate of drug-likeness (QED) is 0.902. The summed E-state index contributed by atoms with van der Waals surface area (Å²) in [6, 6.07) is 12.6. The van der Waals surface area contributed by atoms with Gasteiger partial charge in [0.25, 0.3) is 0 Å². The highest BCUT2D eigenvalue weighted by Gasteiger charge is 2.07. The fraction of sp³-hybridized carbons (Fsp3) is 0.200. The van der Waals surface area contributed by atoms with E-state index in [-0.39, 0.29) is 6.61 Å². The Kier molecular flexibility index (Phi) is 5.61. The van der Waals surface area contributed by atoms with Gasteiger partial charge in [0, 0.05) is 26.6 Å². The highest BCUT2D eigenvalue weighted by atomic mass is 35.5. The molecule has 0 aromatic heterocycles. The van der Waals surface area contributed by atoms with Crippen LogP contribution in [-0.4, -0.2) is 9.32 Å². The predicted octanol–water partition coefficient (Wildman–Crippen LogP) is 3.93. The van der Waals surface area contributed by atoms with Gasteiger partial charge in [-0.15, -0.1) is 0 Å². The molecule has 5 heteroatoms. The molecule has 0 spiro atoms. The molecule has 2 aromatic carbocycles. The van der Waals surface area contributed by atoms with Crippen LogP contribution in [0.25, 0.3) is 0 Å². The van der Waals surface area contributed by atoms with Crippen LogP contribution < -0.4 is 0 Å². The van der Waals surface area contributed by atoms with Gasteiger partial charge in [-0.1, -0.05) is 53.5 Å². The maximum absolute atomic E-state index is 12.1. The van der Waals surface area contributed by atoms with Gasteiger partial charge in [-0.2, -0.15) is 0 Å². The number of halogens is 2. The van der Waals surface area contributed by atoms with E-state index in [4.69, 9.17) is 28.3 Å². The second-order valence-electron chi connectivity index (χ2n) is 4.44. The lowest BCUT2D eigenvalue weighted by molar-refractivity contribution is 0.282. The molecular formula is C15H14Cl2O2S. The van der Waals surface area contributed by atoms with E-state index in [1.807, 2.05) is 24.3 Å². The SMILES string of the molecule is O=S(Cc1ccc(CO)cc1)Cc1ccc(Cl)cc1Cl. The maximum atomic E-state index is 12.1. The predicted molar refractivity (Wildman–Crippen MR) is 84.4 cm³/mol. The summed E-state index contributed by atoms with van der Waals surface area (Å²) in [6.07, 6.45) is 0. The third kappa shape index (κ3) is 4.32. The minimum absolute atomic E-state index is 0.0176. The van der Waals surface area contributed by atoms with Crippen molar-refractivity contribution in [2.24, 2.45) is 0 Å². The largest absolute Gasteiger partial charge is 0.392 e. The van der Waals surface area contributed by atoms with Crippen LogP contribution in [0.15, 0.2) is 42.5 Å². The van der Waals surface area contributed by atoms with E-state index in [9.17, 15) is 4.21 Å². The topological polar surface area (TPSA) is 37.3 Å². The number of hydrogen-bond acceptors (Lipinski definition) is 2. The van der Waals surface area contributed by atoms with Gasteiger partial charge in [0.05, 0.1) is 12.4 Å². The van der Waals surface area contributed by atoms with E-state index < -0.39 is 10.8 Å². The molecule has 20 heavy (non-hydrogen) atoms. The summed E-state index contributed by atoms with van der Waals surface area (Å²) in [5.74, 6) is 0.864. The van der Waals surface area contributed by atoms with Crippen LogP contribution >= 0.6 is 23.2 Å². The Morgan fingerprint density at radius 1 is 0.950 bits per heavy atom.